The molecule has 0 N–H and O–H groups in total. The summed E-state index contributed by atoms with van der Waals surface area (Å²) in [6.45, 7) is 24.1. The van der Waals surface area contributed by atoms with Crippen molar-refractivity contribution in [3.05, 3.63) is 88.4 Å². The van der Waals surface area contributed by atoms with E-state index in [1.54, 1.807) is 88.6 Å². The van der Waals surface area contributed by atoms with Crippen LogP contribution in [0, 0.1) is 25.7 Å². The number of halogens is 10. The molecular formula is C64H128F10N2O13S2. The predicted molar refractivity (Wildman–Crippen MR) is 358 cm³/mol. The second-order valence-electron chi connectivity index (χ2n) is 19.4. The highest BCUT2D eigenvalue weighted by atomic mass is 32.2. The minimum absolute atomic E-state index is 0.188. The average Bonchev–Trinajstić information content (AvgIpc) is 4.60. The van der Waals surface area contributed by atoms with Crippen molar-refractivity contribution in [1.29, 1.82) is 0 Å². The van der Waals surface area contributed by atoms with Gasteiger partial charge in [-0.25, -0.2) is 17.2 Å². The van der Waals surface area contributed by atoms with Crippen molar-refractivity contribution < 1.29 is 104 Å². The Hall–Kier alpha value is -3.16. The first-order valence-electron chi connectivity index (χ1n) is 29.0. The third kappa shape index (κ3) is 252. The van der Waals surface area contributed by atoms with Crippen LogP contribution in [0.3, 0.4) is 0 Å². The molecule has 2 saturated carbocycles. The first-order chi connectivity index (χ1) is 42.1. The van der Waals surface area contributed by atoms with Gasteiger partial charge >= 0.3 is 19.2 Å². The topological polar surface area (TPSA) is 152 Å². The molecule has 1 aromatic heterocycles. The number of likely N-dealkylation sites (N-methyl/N-ethyl adjacent to an activating group) is 1. The zero-order chi connectivity index (χ0) is 74.1. The number of methoxy groups -OCH3 is 11. The Morgan fingerprint density at radius 1 is 0.615 bits per heavy atom. The maximum absolute atomic E-state index is 10.6. The van der Waals surface area contributed by atoms with Crippen LogP contribution in [0.15, 0.2) is 72.2 Å². The third-order valence-corrected chi connectivity index (χ3v) is 8.26. The van der Waals surface area contributed by atoms with E-state index in [9.17, 15) is 52.3 Å². The molecule has 2 aliphatic carbocycles. The van der Waals surface area contributed by atoms with Crippen molar-refractivity contribution in [3.8, 4) is 0 Å². The van der Waals surface area contributed by atoms with Gasteiger partial charge in [0, 0.05) is 129 Å². The maximum Gasteiger partial charge on any atom is 0.522 e. The molecule has 91 heavy (non-hydrogen) atoms. The van der Waals surface area contributed by atoms with Crippen molar-refractivity contribution in [2.45, 2.75) is 166 Å². The molecule has 0 unspecified atom stereocenters. The van der Waals surface area contributed by atoms with E-state index in [4.69, 9.17) is 18.9 Å². The Morgan fingerprint density at radius 2 is 0.945 bits per heavy atom. The van der Waals surface area contributed by atoms with E-state index < -0.39 is 35.4 Å². The number of alkyl halides is 10. The zero-order valence-electron chi connectivity index (χ0n) is 60.9. The SMILES string of the molecule is CC(C)C.CC(F)(F)F.CC(F)F.CCCC.CCc1ccccc1.COC.COC(C)C.COC(F)(F)F.COC(F)F.COC1CC1.COCC1CC1.COCCN(C)C.COCCOC.COCOC.CS(C)(=O)=O.Cc1ccccc1.Cc1nccs1. The zero-order valence-corrected chi connectivity index (χ0v) is 62.5. The number of hydrogen-bond acceptors (Lipinski definition) is 16. The molecule has 3 aromatic rings. The summed E-state index contributed by atoms with van der Waals surface area (Å²) >= 11 is 1.67. The van der Waals surface area contributed by atoms with Gasteiger partial charge in [-0.3, -0.25) is 9.72 Å². The van der Waals surface area contributed by atoms with Gasteiger partial charge in [-0.05, 0) is 98.2 Å². The third-order valence-electron chi connectivity index (χ3n) is 7.56. The van der Waals surface area contributed by atoms with Crippen LogP contribution in [-0.4, -0.2) is 208 Å². The first-order valence-corrected chi connectivity index (χ1v) is 32.1. The molecular weight excluding hydrogens is 1260 g/mol. The number of aromatic nitrogens is 1. The Morgan fingerprint density at radius 3 is 1.03 bits per heavy atom. The van der Waals surface area contributed by atoms with Crippen molar-refractivity contribution in [2.75, 3.05) is 152 Å². The molecule has 0 bridgehead atoms. The van der Waals surface area contributed by atoms with Crippen LogP contribution in [0.2, 0.25) is 0 Å². The highest BCUT2D eigenvalue weighted by Crippen LogP contribution is 2.28. The lowest BCUT2D eigenvalue weighted by Crippen LogP contribution is -2.16. The van der Waals surface area contributed by atoms with Crippen LogP contribution in [0.4, 0.5) is 43.9 Å². The molecule has 0 radical (unpaired) electrons. The number of rotatable bonds is 15. The summed E-state index contributed by atoms with van der Waals surface area (Å²) in [5, 5.41) is 3.10. The number of aryl methyl sites for hydroxylation is 3. The fourth-order valence-electron chi connectivity index (χ4n) is 2.93. The van der Waals surface area contributed by atoms with Crippen molar-refractivity contribution in [3.63, 3.8) is 0 Å². The van der Waals surface area contributed by atoms with Gasteiger partial charge in [0.2, 0.25) is 6.43 Å². The van der Waals surface area contributed by atoms with E-state index in [2.05, 4.69) is 128 Å². The van der Waals surface area contributed by atoms with E-state index in [1.165, 1.54) is 49.7 Å². The number of ether oxygens (including phenoxy) is 11. The number of nitrogens with zero attached hydrogens (tertiary/aromatic N) is 2. The average molecular weight is 1390 g/mol. The van der Waals surface area contributed by atoms with Gasteiger partial charge in [-0.2, -0.15) is 22.0 Å². The number of sulfone groups is 1. The predicted octanol–water partition coefficient (Wildman–Crippen LogP) is 17.5. The molecule has 1 heterocycles. The van der Waals surface area contributed by atoms with Gasteiger partial charge in [0.1, 0.15) is 16.6 Å². The van der Waals surface area contributed by atoms with Crippen LogP contribution in [0.1, 0.15) is 124 Å². The Balaban J connectivity index is -0.0000000732. The first kappa shape index (κ1) is 115. The Kier molecular flexibility index (Phi) is 118. The number of thiazole rings is 1. The number of hydrogen-bond donors (Lipinski definition) is 0. The minimum atomic E-state index is -4.46. The molecule has 2 aliphatic rings. The summed E-state index contributed by atoms with van der Waals surface area (Å²) in [5.41, 5.74) is 2.73. The van der Waals surface area contributed by atoms with E-state index in [0.717, 1.165) is 69.6 Å². The molecule has 0 atom stereocenters. The Labute approximate surface area is 551 Å². The lowest BCUT2D eigenvalue weighted by atomic mass is 10.2. The van der Waals surface area contributed by atoms with Crippen molar-refractivity contribution >= 4 is 21.2 Å². The van der Waals surface area contributed by atoms with Gasteiger partial charge < -0.3 is 52.3 Å². The molecule has 27 heteroatoms. The summed E-state index contributed by atoms with van der Waals surface area (Å²) < 4.78 is 172. The van der Waals surface area contributed by atoms with E-state index in [1.807, 2.05) is 64.5 Å². The molecule has 0 amide bonds. The van der Waals surface area contributed by atoms with Crippen LogP contribution in [-0.2, 0) is 68.4 Å². The summed E-state index contributed by atoms with van der Waals surface area (Å²) in [7, 11) is 19.6. The highest BCUT2D eigenvalue weighted by Gasteiger charge is 2.26. The summed E-state index contributed by atoms with van der Waals surface area (Å²) in [6.07, 6.45) is 3.67. The van der Waals surface area contributed by atoms with Crippen LogP contribution < -0.4 is 0 Å². The van der Waals surface area contributed by atoms with Gasteiger partial charge in [0.05, 0.1) is 37.0 Å². The van der Waals surface area contributed by atoms with E-state index >= 15 is 0 Å². The second kappa shape index (κ2) is 93.2. The minimum Gasteiger partial charge on any atom is -0.388 e. The lowest BCUT2D eigenvalue weighted by molar-refractivity contribution is -0.311. The fourth-order valence-corrected chi connectivity index (χ4v) is 3.37. The van der Waals surface area contributed by atoms with Gasteiger partial charge in [0.25, 0.3) is 0 Å². The van der Waals surface area contributed by atoms with Crippen LogP contribution in [0.25, 0.3) is 0 Å². The van der Waals surface area contributed by atoms with Gasteiger partial charge in [-0.15, -0.1) is 24.5 Å². The number of benzene rings is 2. The standard InChI is InChI=1S/C8H10.C7H8.C5H13NO.C5H10O.C4H5NS.C4H10O2.C4H8O.C4H10O.2C4H10.C3H8O2.C2H3F3O.C2H3F3.C2H4F2O.C2H4F2.C2H6O2S.C2H6O/c1-2-8-6-4-3-5-7-8;1-7-5-3-2-4-6-7;1-6(2)4-5-7-3;1-6-4-5-2-3-5;1-4-5-2-3-6-4;1-5-3-4-6-2;1-5-4-2-3-4;1-4(2)5-3;1-4(2)3;1-3-4-2;1-4-3-5-2;1-6-2(3,4)5;1-2(3,4)5;1-5-2(3)4;1-2(3)4;1-5(2,3)4;1-3-2/h3-7H,2H2,1H3;2-6H,1H3;4-5H2,1-3H3;5H,2-4H2,1H3;2-3H,1H3;3-4H2,1-2H3;4H,2-3H2,1H3;4H,1-3H3;4H,1-3H3;3-4H2,1-2H3;3H2,1-2H3;1H3;1H3;2H,1H3;2H,1H3;1-2H3;1-2H3. The molecule has 5 rings (SSSR count). The largest absolute Gasteiger partial charge is 0.522 e. The highest BCUT2D eigenvalue weighted by molar-refractivity contribution is 7.89. The summed E-state index contributed by atoms with van der Waals surface area (Å²) in [5.74, 6) is 1.76. The summed E-state index contributed by atoms with van der Waals surface area (Å²) in [4.78, 5) is 6.02. The molecule has 2 aromatic carbocycles. The molecule has 2 fully saturated rings. The molecule has 0 spiro atoms. The van der Waals surface area contributed by atoms with E-state index in [0.29, 0.717) is 39.3 Å². The lowest BCUT2D eigenvalue weighted by Gasteiger charge is -2.06. The number of unbranched alkanes of at least 4 members (excludes halogenated alkanes) is 1. The summed E-state index contributed by atoms with van der Waals surface area (Å²) in [6, 6.07) is 20.7. The maximum atomic E-state index is 10.6. The monoisotopic (exact) mass is 1390 g/mol. The Bertz CT molecular complexity index is 1680. The van der Waals surface area contributed by atoms with Gasteiger partial charge in [-0.1, -0.05) is 121 Å². The van der Waals surface area contributed by atoms with Crippen LogP contribution in [0.5, 0.6) is 0 Å². The van der Waals surface area contributed by atoms with Crippen LogP contribution >= 0.6 is 11.3 Å². The van der Waals surface area contributed by atoms with Crippen molar-refractivity contribution in [2.24, 2.45) is 11.8 Å². The molecule has 554 valence electrons. The van der Waals surface area contributed by atoms with Gasteiger partial charge in [0.15, 0.2) is 0 Å². The normalized spacial score (nSPS) is 11.1. The van der Waals surface area contributed by atoms with E-state index in [-0.39, 0.29) is 6.92 Å². The quantitative estimate of drug-likeness (QED) is 0.0805. The fraction of sp³-hybridized carbons (Fsp3) is 0.766. The molecule has 0 saturated heterocycles. The molecule has 0 aliphatic heterocycles. The second-order valence-corrected chi connectivity index (χ2v) is 22.8. The van der Waals surface area contributed by atoms with Crippen molar-refractivity contribution in [1.82, 2.24) is 9.88 Å². The smallest absolute Gasteiger partial charge is 0.388 e. The molecule has 15 nitrogen and oxygen atoms in total.